The van der Waals surface area contributed by atoms with Gasteiger partial charge in [0.1, 0.15) is 11.4 Å². The van der Waals surface area contributed by atoms with Crippen LogP contribution in [0.1, 0.15) is 18.3 Å². The minimum absolute atomic E-state index is 0.653. The molecule has 0 N–H and O–H groups in total. The van der Waals surface area contributed by atoms with Crippen LogP contribution in [0.3, 0.4) is 0 Å². The van der Waals surface area contributed by atoms with E-state index in [0.717, 1.165) is 34.0 Å². The Kier molecular flexibility index (Phi) is 4.08. The Bertz CT molecular complexity index is 980. The standard InChI is InChI=1S/C19H17N5O/c1-2-25-16-7-5-14(6-8-16)12-17-22-19-18(15-4-3-9-20-13-15)21-10-11-24(19)23-17/h3-11,13H,2,12H2,1H3. The van der Waals surface area contributed by atoms with E-state index in [1.54, 1.807) is 23.1 Å². The number of fused-ring (bicyclic) bond motifs is 1. The van der Waals surface area contributed by atoms with Crippen molar-refractivity contribution in [2.24, 2.45) is 0 Å². The molecule has 0 aliphatic rings. The number of pyridine rings is 1. The first-order valence-corrected chi connectivity index (χ1v) is 8.16. The first-order chi connectivity index (χ1) is 12.3. The van der Waals surface area contributed by atoms with Crippen molar-refractivity contribution in [1.29, 1.82) is 0 Å². The zero-order valence-electron chi connectivity index (χ0n) is 13.8. The molecule has 4 rings (SSSR count). The number of hydrogen-bond donors (Lipinski definition) is 0. The molecule has 0 atom stereocenters. The molecule has 0 unspecified atom stereocenters. The Labute approximate surface area is 145 Å². The number of rotatable bonds is 5. The van der Waals surface area contributed by atoms with E-state index in [1.807, 2.05) is 49.5 Å². The Balaban J connectivity index is 1.65. The van der Waals surface area contributed by atoms with Crippen molar-refractivity contribution < 1.29 is 4.74 Å². The van der Waals surface area contributed by atoms with Crippen LogP contribution in [-0.4, -0.2) is 31.2 Å². The molecule has 124 valence electrons. The molecule has 4 aromatic rings. The molecule has 0 spiro atoms. The molecule has 0 fully saturated rings. The second-order valence-corrected chi connectivity index (χ2v) is 5.57. The van der Waals surface area contributed by atoms with E-state index >= 15 is 0 Å². The number of hydrogen-bond acceptors (Lipinski definition) is 5. The van der Waals surface area contributed by atoms with Gasteiger partial charge in [-0.1, -0.05) is 12.1 Å². The van der Waals surface area contributed by atoms with Crippen LogP contribution < -0.4 is 4.74 Å². The molecule has 0 aliphatic heterocycles. The van der Waals surface area contributed by atoms with E-state index in [9.17, 15) is 0 Å². The highest BCUT2D eigenvalue weighted by atomic mass is 16.5. The summed E-state index contributed by atoms with van der Waals surface area (Å²) in [6.07, 6.45) is 7.71. The van der Waals surface area contributed by atoms with Gasteiger partial charge in [0.2, 0.25) is 0 Å². The van der Waals surface area contributed by atoms with Crippen LogP contribution in [0.4, 0.5) is 0 Å². The van der Waals surface area contributed by atoms with Crippen LogP contribution in [-0.2, 0) is 6.42 Å². The lowest BCUT2D eigenvalue weighted by molar-refractivity contribution is 0.340. The molecule has 3 heterocycles. The number of ether oxygens (including phenoxy) is 1. The maximum absolute atomic E-state index is 5.47. The Hall–Kier alpha value is -3.28. The third-order valence-corrected chi connectivity index (χ3v) is 3.83. The minimum atomic E-state index is 0.653. The van der Waals surface area contributed by atoms with E-state index in [4.69, 9.17) is 4.74 Å². The summed E-state index contributed by atoms with van der Waals surface area (Å²) in [4.78, 5) is 13.3. The van der Waals surface area contributed by atoms with Gasteiger partial charge in [0.05, 0.1) is 6.61 Å². The first-order valence-electron chi connectivity index (χ1n) is 8.16. The van der Waals surface area contributed by atoms with Crippen molar-refractivity contribution in [3.63, 3.8) is 0 Å². The molecular formula is C19H17N5O. The lowest BCUT2D eigenvalue weighted by atomic mass is 10.1. The van der Waals surface area contributed by atoms with Crippen LogP contribution in [0.15, 0.2) is 61.2 Å². The zero-order chi connectivity index (χ0) is 17.1. The Morgan fingerprint density at radius 3 is 2.72 bits per heavy atom. The highest BCUT2D eigenvalue weighted by Crippen LogP contribution is 2.20. The van der Waals surface area contributed by atoms with Gasteiger partial charge in [-0.3, -0.25) is 9.97 Å². The minimum Gasteiger partial charge on any atom is -0.494 e. The number of benzene rings is 1. The maximum Gasteiger partial charge on any atom is 0.182 e. The maximum atomic E-state index is 5.47. The fraction of sp³-hybridized carbons (Fsp3) is 0.158. The SMILES string of the molecule is CCOc1ccc(Cc2nc3c(-c4cccnc4)nccn3n2)cc1. The molecule has 0 bridgehead atoms. The molecule has 6 nitrogen and oxygen atoms in total. The molecule has 25 heavy (non-hydrogen) atoms. The first kappa shape index (κ1) is 15.3. The van der Waals surface area contributed by atoms with Crippen molar-refractivity contribution in [2.45, 2.75) is 13.3 Å². The fourth-order valence-electron chi connectivity index (χ4n) is 2.70. The van der Waals surface area contributed by atoms with Crippen molar-refractivity contribution in [1.82, 2.24) is 24.6 Å². The Morgan fingerprint density at radius 2 is 1.96 bits per heavy atom. The van der Waals surface area contributed by atoms with Crippen LogP contribution in [0.5, 0.6) is 5.75 Å². The average Bonchev–Trinajstić information content (AvgIpc) is 3.06. The van der Waals surface area contributed by atoms with Gasteiger partial charge in [-0.05, 0) is 36.8 Å². The fourth-order valence-corrected chi connectivity index (χ4v) is 2.70. The smallest absolute Gasteiger partial charge is 0.182 e. The Morgan fingerprint density at radius 1 is 1.08 bits per heavy atom. The summed E-state index contributed by atoms with van der Waals surface area (Å²) in [6, 6.07) is 11.9. The molecule has 0 aliphatic carbocycles. The molecule has 0 radical (unpaired) electrons. The molecule has 0 saturated heterocycles. The van der Waals surface area contributed by atoms with Crippen LogP contribution in [0, 0.1) is 0 Å². The van der Waals surface area contributed by atoms with Gasteiger partial charge in [0.25, 0.3) is 0 Å². The van der Waals surface area contributed by atoms with Crippen molar-refractivity contribution in [3.8, 4) is 17.0 Å². The van der Waals surface area contributed by atoms with E-state index in [2.05, 4.69) is 20.1 Å². The van der Waals surface area contributed by atoms with E-state index in [-0.39, 0.29) is 0 Å². The van der Waals surface area contributed by atoms with Crippen molar-refractivity contribution in [2.75, 3.05) is 6.61 Å². The molecular weight excluding hydrogens is 314 g/mol. The normalized spacial score (nSPS) is 10.9. The highest BCUT2D eigenvalue weighted by Gasteiger charge is 2.11. The van der Waals surface area contributed by atoms with Gasteiger partial charge < -0.3 is 4.74 Å². The quantitative estimate of drug-likeness (QED) is 0.562. The lowest BCUT2D eigenvalue weighted by Crippen LogP contribution is -1.94. The monoisotopic (exact) mass is 331 g/mol. The summed E-state index contributed by atoms with van der Waals surface area (Å²) in [7, 11) is 0. The highest BCUT2D eigenvalue weighted by molar-refractivity contribution is 5.72. The summed E-state index contributed by atoms with van der Waals surface area (Å²) < 4.78 is 7.24. The topological polar surface area (TPSA) is 65.2 Å². The second-order valence-electron chi connectivity index (χ2n) is 5.57. The van der Waals surface area contributed by atoms with Gasteiger partial charge in [0, 0.05) is 36.8 Å². The van der Waals surface area contributed by atoms with Gasteiger partial charge >= 0.3 is 0 Å². The molecule has 0 amide bonds. The number of aromatic nitrogens is 5. The summed E-state index contributed by atoms with van der Waals surface area (Å²) >= 11 is 0. The van der Waals surface area contributed by atoms with Crippen LogP contribution >= 0.6 is 0 Å². The largest absolute Gasteiger partial charge is 0.494 e. The molecule has 0 saturated carbocycles. The van der Waals surface area contributed by atoms with E-state index in [0.29, 0.717) is 13.0 Å². The summed E-state index contributed by atoms with van der Waals surface area (Å²) in [5, 5.41) is 4.57. The summed E-state index contributed by atoms with van der Waals surface area (Å²) in [6.45, 7) is 2.64. The van der Waals surface area contributed by atoms with Gasteiger partial charge in [-0.2, -0.15) is 5.10 Å². The van der Waals surface area contributed by atoms with Crippen molar-refractivity contribution in [3.05, 3.63) is 72.6 Å². The third-order valence-electron chi connectivity index (χ3n) is 3.83. The predicted molar refractivity (Wildman–Crippen MR) is 94.4 cm³/mol. The molecule has 3 aromatic heterocycles. The van der Waals surface area contributed by atoms with Gasteiger partial charge in [-0.25, -0.2) is 9.50 Å². The predicted octanol–water partition coefficient (Wildman–Crippen LogP) is 3.18. The third kappa shape index (κ3) is 3.19. The zero-order valence-corrected chi connectivity index (χ0v) is 13.8. The van der Waals surface area contributed by atoms with Crippen molar-refractivity contribution >= 4 is 5.65 Å². The molecule has 6 heteroatoms. The summed E-state index contributed by atoms with van der Waals surface area (Å²) in [5.74, 6) is 1.62. The summed E-state index contributed by atoms with van der Waals surface area (Å²) in [5.41, 5.74) is 3.57. The van der Waals surface area contributed by atoms with Gasteiger partial charge in [-0.15, -0.1) is 0 Å². The second kappa shape index (κ2) is 6.68. The van der Waals surface area contributed by atoms with Gasteiger partial charge in [0.15, 0.2) is 11.5 Å². The van der Waals surface area contributed by atoms with E-state index < -0.39 is 0 Å². The average molecular weight is 331 g/mol. The van der Waals surface area contributed by atoms with Crippen LogP contribution in [0.25, 0.3) is 16.9 Å². The van der Waals surface area contributed by atoms with E-state index in [1.165, 1.54) is 0 Å². The molecule has 1 aromatic carbocycles. The number of nitrogens with zero attached hydrogens (tertiary/aromatic N) is 5. The lowest BCUT2D eigenvalue weighted by Gasteiger charge is -2.03. The van der Waals surface area contributed by atoms with Crippen LogP contribution in [0.2, 0.25) is 0 Å².